The predicted molar refractivity (Wildman–Crippen MR) is 316 cm³/mol. The molecular formula is C73H53NO. The van der Waals surface area contributed by atoms with Crippen LogP contribution in [0.15, 0.2) is 271 Å². The molecule has 14 rings (SSSR count). The Morgan fingerprint density at radius 3 is 1.80 bits per heavy atom. The third kappa shape index (κ3) is 7.16. The quantitative estimate of drug-likeness (QED) is 0.151. The minimum Gasteiger partial charge on any atom is -0.455 e. The second-order valence-corrected chi connectivity index (χ2v) is 21.2. The maximum atomic E-state index is 6.95. The van der Waals surface area contributed by atoms with Crippen LogP contribution in [0.1, 0.15) is 48.6 Å². The van der Waals surface area contributed by atoms with E-state index >= 15 is 0 Å². The summed E-state index contributed by atoms with van der Waals surface area (Å²) in [5, 5.41) is 6.95. The molecule has 0 fully saturated rings. The van der Waals surface area contributed by atoms with Crippen LogP contribution in [0.4, 0.5) is 17.1 Å². The van der Waals surface area contributed by atoms with Gasteiger partial charge in [0.05, 0.1) is 16.8 Å². The molecule has 75 heavy (non-hydrogen) atoms. The summed E-state index contributed by atoms with van der Waals surface area (Å²) in [6, 6.07) is 98.9. The zero-order chi connectivity index (χ0) is 50.3. The van der Waals surface area contributed by atoms with Gasteiger partial charge in [0.1, 0.15) is 11.2 Å². The van der Waals surface area contributed by atoms with Gasteiger partial charge in [-0.1, -0.05) is 245 Å². The monoisotopic (exact) mass is 959 g/mol. The van der Waals surface area contributed by atoms with Gasteiger partial charge in [0.2, 0.25) is 0 Å². The van der Waals surface area contributed by atoms with Crippen molar-refractivity contribution in [2.75, 3.05) is 4.90 Å². The molecule has 1 aromatic heterocycles. The lowest BCUT2D eigenvalue weighted by atomic mass is 9.67. The number of benzene rings is 12. The molecule has 0 saturated heterocycles. The van der Waals surface area contributed by atoms with Crippen molar-refractivity contribution < 1.29 is 4.42 Å². The van der Waals surface area contributed by atoms with Gasteiger partial charge in [0.25, 0.3) is 0 Å². The van der Waals surface area contributed by atoms with E-state index in [-0.39, 0.29) is 5.41 Å². The Bertz CT molecular complexity index is 4330. The molecule has 13 aromatic rings. The fourth-order valence-corrected chi connectivity index (χ4v) is 12.3. The summed E-state index contributed by atoms with van der Waals surface area (Å²) in [5.41, 5.74) is 19.8. The molecule has 0 saturated carbocycles. The van der Waals surface area contributed by atoms with Crippen molar-refractivity contribution in [1.29, 1.82) is 0 Å². The van der Waals surface area contributed by atoms with Gasteiger partial charge in [-0.2, -0.15) is 0 Å². The standard InChI is InChI=1S/C73H53NO/c1-72(2,3)54-38-33-49(34-39-54)53-37-43-67(64(46-53)50-20-6-4-7-21-50)74(68-44-36-51-22-12-13-26-58(51)70(68)63-30-18-29-62-61-28-15-17-32-69(61)75-71(62)63)57-41-42-60-59-27-14-16-31-65(59)73(66(60)47-57,55-24-8-5-9-25-55)56-40-35-48-19-10-11-23-52(48)45-56/h4-47H,1-3H3. The second-order valence-electron chi connectivity index (χ2n) is 21.2. The molecule has 0 N–H and O–H groups in total. The number of nitrogens with zero attached hydrogens (tertiary/aromatic N) is 1. The average molecular weight is 960 g/mol. The van der Waals surface area contributed by atoms with Crippen LogP contribution in [0, 0.1) is 0 Å². The Labute approximate surface area is 438 Å². The van der Waals surface area contributed by atoms with Crippen molar-refractivity contribution in [1.82, 2.24) is 0 Å². The van der Waals surface area contributed by atoms with Gasteiger partial charge in [0.15, 0.2) is 0 Å². The van der Waals surface area contributed by atoms with E-state index in [0.717, 1.165) is 77.6 Å². The maximum Gasteiger partial charge on any atom is 0.143 e. The molecule has 0 amide bonds. The molecule has 0 radical (unpaired) electrons. The van der Waals surface area contributed by atoms with Crippen LogP contribution in [0.3, 0.4) is 0 Å². The van der Waals surface area contributed by atoms with Crippen molar-refractivity contribution in [3.8, 4) is 44.5 Å². The molecule has 356 valence electrons. The number of hydrogen-bond donors (Lipinski definition) is 0. The van der Waals surface area contributed by atoms with E-state index in [0.29, 0.717) is 0 Å². The van der Waals surface area contributed by atoms with E-state index in [4.69, 9.17) is 4.42 Å². The first-order valence-electron chi connectivity index (χ1n) is 26.2. The molecule has 1 aliphatic rings. The van der Waals surface area contributed by atoms with E-state index < -0.39 is 5.41 Å². The molecule has 1 aliphatic carbocycles. The number of hydrogen-bond acceptors (Lipinski definition) is 2. The predicted octanol–water partition coefficient (Wildman–Crippen LogP) is 20.0. The number of rotatable bonds is 8. The van der Waals surface area contributed by atoms with Gasteiger partial charge in [-0.25, -0.2) is 0 Å². The molecule has 0 aliphatic heterocycles. The molecule has 12 aromatic carbocycles. The maximum absolute atomic E-state index is 6.95. The molecule has 1 atom stereocenters. The summed E-state index contributed by atoms with van der Waals surface area (Å²) >= 11 is 0. The summed E-state index contributed by atoms with van der Waals surface area (Å²) in [5.74, 6) is 0. The first kappa shape index (κ1) is 44.5. The van der Waals surface area contributed by atoms with Crippen LogP contribution in [0.2, 0.25) is 0 Å². The zero-order valence-electron chi connectivity index (χ0n) is 42.3. The van der Waals surface area contributed by atoms with E-state index in [2.05, 4.69) is 293 Å². The molecule has 0 spiro atoms. The summed E-state index contributed by atoms with van der Waals surface area (Å²) in [6.07, 6.45) is 0. The first-order valence-corrected chi connectivity index (χ1v) is 26.2. The molecule has 2 nitrogen and oxygen atoms in total. The topological polar surface area (TPSA) is 16.4 Å². The van der Waals surface area contributed by atoms with Gasteiger partial charge in [-0.15, -0.1) is 0 Å². The van der Waals surface area contributed by atoms with Crippen LogP contribution in [-0.2, 0) is 10.8 Å². The minimum absolute atomic E-state index is 0.0476. The third-order valence-electron chi connectivity index (χ3n) is 15.9. The summed E-state index contributed by atoms with van der Waals surface area (Å²) in [4.78, 5) is 2.54. The van der Waals surface area contributed by atoms with Crippen molar-refractivity contribution in [3.05, 3.63) is 295 Å². The van der Waals surface area contributed by atoms with Crippen LogP contribution in [0.25, 0.3) is 88.0 Å². The van der Waals surface area contributed by atoms with Gasteiger partial charge in [-0.3, -0.25) is 0 Å². The molecule has 0 bridgehead atoms. The van der Waals surface area contributed by atoms with Crippen LogP contribution >= 0.6 is 0 Å². The number of fused-ring (bicyclic) bond motifs is 8. The smallest absolute Gasteiger partial charge is 0.143 e. The highest BCUT2D eigenvalue weighted by Crippen LogP contribution is 2.59. The van der Waals surface area contributed by atoms with Gasteiger partial charge >= 0.3 is 0 Å². The van der Waals surface area contributed by atoms with Crippen LogP contribution < -0.4 is 4.90 Å². The number of anilines is 3. The van der Waals surface area contributed by atoms with E-state index in [1.807, 2.05) is 0 Å². The number of furan rings is 1. The van der Waals surface area contributed by atoms with E-state index in [1.165, 1.54) is 55.3 Å². The van der Waals surface area contributed by atoms with Gasteiger partial charge in [-0.05, 0) is 125 Å². The van der Waals surface area contributed by atoms with Crippen LogP contribution in [0.5, 0.6) is 0 Å². The Hall–Kier alpha value is -9.24. The van der Waals surface area contributed by atoms with Gasteiger partial charge in [0, 0.05) is 33.2 Å². The minimum atomic E-state index is -0.643. The Balaban J connectivity index is 1.10. The third-order valence-corrected chi connectivity index (χ3v) is 15.9. The average Bonchev–Trinajstić information content (AvgIpc) is 4.07. The first-order chi connectivity index (χ1) is 36.8. The SMILES string of the molecule is CC(C)(C)c1ccc(-c2ccc(N(c3ccc4c(c3)C(c3ccccc3)(c3ccc5ccccc5c3)c3ccccc3-4)c3ccc4ccccc4c3-c3cccc4c3oc3ccccc34)c(-c3ccccc3)c2)cc1. The normalized spacial score (nSPS) is 14.1. The zero-order valence-corrected chi connectivity index (χ0v) is 42.3. The van der Waals surface area contributed by atoms with Crippen molar-refractivity contribution in [2.24, 2.45) is 0 Å². The van der Waals surface area contributed by atoms with Crippen molar-refractivity contribution in [2.45, 2.75) is 31.6 Å². The van der Waals surface area contributed by atoms with Crippen LogP contribution in [-0.4, -0.2) is 0 Å². The highest BCUT2D eigenvalue weighted by molar-refractivity contribution is 6.15. The molecule has 1 unspecified atom stereocenters. The lowest BCUT2D eigenvalue weighted by Gasteiger charge is -2.36. The molecular weight excluding hydrogens is 907 g/mol. The largest absolute Gasteiger partial charge is 0.455 e. The Morgan fingerprint density at radius 1 is 0.360 bits per heavy atom. The second kappa shape index (κ2) is 17.5. The summed E-state index contributed by atoms with van der Waals surface area (Å²) in [7, 11) is 0. The van der Waals surface area contributed by atoms with E-state index in [9.17, 15) is 0 Å². The Kier molecular flexibility index (Phi) is 10.4. The lowest BCUT2D eigenvalue weighted by molar-refractivity contribution is 0.590. The summed E-state index contributed by atoms with van der Waals surface area (Å²) < 4.78 is 6.95. The number of para-hydroxylation sites is 2. The highest BCUT2D eigenvalue weighted by Gasteiger charge is 2.46. The fourth-order valence-electron chi connectivity index (χ4n) is 12.3. The van der Waals surface area contributed by atoms with Crippen molar-refractivity contribution >= 4 is 60.5 Å². The molecule has 2 heteroatoms. The molecule has 1 heterocycles. The van der Waals surface area contributed by atoms with Gasteiger partial charge < -0.3 is 9.32 Å². The highest BCUT2D eigenvalue weighted by atomic mass is 16.3. The van der Waals surface area contributed by atoms with Crippen molar-refractivity contribution in [3.63, 3.8) is 0 Å². The van der Waals surface area contributed by atoms with E-state index in [1.54, 1.807) is 0 Å². The fraction of sp³-hybridized carbons (Fsp3) is 0.0685. The lowest BCUT2D eigenvalue weighted by Crippen LogP contribution is -2.28. The summed E-state index contributed by atoms with van der Waals surface area (Å²) in [6.45, 7) is 6.83. The Morgan fingerprint density at radius 2 is 0.987 bits per heavy atom.